The number of nitrogens with zero attached hydrogens (tertiary/aromatic N) is 1. The van der Waals surface area contributed by atoms with Crippen LogP contribution in [0.3, 0.4) is 0 Å². The number of rotatable bonds is 10. The van der Waals surface area contributed by atoms with Crippen molar-refractivity contribution >= 4 is 23.4 Å². The van der Waals surface area contributed by atoms with Crippen molar-refractivity contribution < 1.29 is 23.5 Å². The molecule has 2 rings (SSSR count). The van der Waals surface area contributed by atoms with Gasteiger partial charge in [0.05, 0.1) is 11.2 Å². The maximum absolute atomic E-state index is 13.3. The lowest BCUT2D eigenvalue weighted by atomic mass is 10.3. The number of carbonyl (C=O) groups excluding carboxylic acids is 2. The Morgan fingerprint density at radius 3 is 2.52 bits per heavy atom. The fourth-order valence-corrected chi connectivity index (χ4v) is 2.22. The Hall–Kier alpha value is -3.13. The summed E-state index contributed by atoms with van der Waals surface area (Å²) in [5.41, 5.74) is 1.28. The minimum Gasteiger partial charge on any atom is -0.484 e. The third-order valence-electron chi connectivity index (χ3n) is 3.58. The first-order valence-electron chi connectivity index (χ1n) is 8.71. The molecule has 154 valence electrons. The van der Waals surface area contributed by atoms with E-state index in [0.29, 0.717) is 17.9 Å². The van der Waals surface area contributed by atoms with E-state index in [1.807, 2.05) is 6.92 Å². The molecule has 0 unspecified atom stereocenters. The van der Waals surface area contributed by atoms with Gasteiger partial charge in [-0.15, -0.1) is 0 Å². The number of benzene rings is 1. The number of carbonyl (C=O) groups is 2. The molecule has 1 aromatic heterocycles. The molecule has 0 aliphatic heterocycles. The molecule has 0 radical (unpaired) electrons. The first-order valence-corrected chi connectivity index (χ1v) is 9.09. The van der Waals surface area contributed by atoms with Crippen molar-refractivity contribution in [3.05, 3.63) is 65.3 Å². The van der Waals surface area contributed by atoms with Gasteiger partial charge in [-0.2, -0.15) is 0 Å². The molecule has 2 amide bonds. The lowest BCUT2D eigenvalue weighted by Gasteiger charge is -2.11. The van der Waals surface area contributed by atoms with E-state index in [0.717, 1.165) is 11.8 Å². The van der Waals surface area contributed by atoms with E-state index in [1.165, 1.54) is 18.3 Å². The summed E-state index contributed by atoms with van der Waals surface area (Å²) in [5.74, 6) is -0.699. The largest absolute Gasteiger partial charge is 0.484 e. The minimum atomic E-state index is -0.626. The summed E-state index contributed by atoms with van der Waals surface area (Å²) < 4.78 is 23.8. The van der Waals surface area contributed by atoms with Gasteiger partial charge in [0.15, 0.2) is 13.2 Å². The van der Waals surface area contributed by atoms with Crippen LogP contribution in [0.5, 0.6) is 11.5 Å². The van der Waals surface area contributed by atoms with E-state index in [1.54, 1.807) is 12.1 Å². The molecule has 2 aromatic rings. The first kappa shape index (κ1) is 22.2. The fraction of sp³-hybridized carbons (Fsp3) is 0.250. The monoisotopic (exact) mass is 421 g/mol. The second-order valence-corrected chi connectivity index (χ2v) is 6.45. The molecule has 0 aliphatic rings. The van der Waals surface area contributed by atoms with Gasteiger partial charge in [0.2, 0.25) is 0 Å². The molecular weight excluding hydrogens is 401 g/mol. The van der Waals surface area contributed by atoms with Gasteiger partial charge in [-0.1, -0.05) is 18.2 Å². The third-order valence-corrected chi connectivity index (χ3v) is 3.89. The Balaban J connectivity index is 1.60. The van der Waals surface area contributed by atoms with Crippen LogP contribution in [0.1, 0.15) is 12.1 Å². The van der Waals surface area contributed by atoms with Crippen LogP contribution in [0, 0.1) is 12.7 Å². The number of aryl methyl sites for hydroxylation is 1. The van der Waals surface area contributed by atoms with Gasteiger partial charge in [0, 0.05) is 30.4 Å². The van der Waals surface area contributed by atoms with E-state index in [9.17, 15) is 14.0 Å². The molecule has 1 heterocycles. The summed E-state index contributed by atoms with van der Waals surface area (Å²) in [6.45, 7) is 5.37. The van der Waals surface area contributed by atoms with Crippen LogP contribution in [0.2, 0.25) is 5.02 Å². The van der Waals surface area contributed by atoms with E-state index < -0.39 is 11.7 Å². The SMILES string of the molecule is C=C(CCNC(=O)COc1ccc(Cl)c(F)c1)NC(=O)COc1ccc(C)nc1. The number of ether oxygens (including phenoxy) is 2. The number of halogens is 2. The molecule has 9 heteroatoms. The smallest absolute Gasteiger partial charge is 0.262 e. The predicted octanol–water partition coefficient (Wildman–Crippen LogP) is 2.78. The topological polar surface area (TPSA) is 89.6 Å². The highest BCUT2D eigenvalue weighted by Crippen LogP contribution is 2.20. The van der Waals surface area contributed by atoms with Crippen LogP contribution in [0.15, 0.2) is 48.8 Å². The maximum Gasteiger partial charge on any atom is 0.262 e. The summed E-state index contributed by atoms with van der Waals surface area (Å²) in [6.07, 6.45) is 1.87. The molecule has 2 N–H and O–H groups in total. The molecule has 0 aliphatic carbocycles. The molecule has 0 saturated carbocycles. The number of hydrogen-bond acceptors (Lipinski definition) is 5. The molecule has 0 bridgehead atoms. The summed E-state index contributed by atoms with van der Waals surface area (Å²) >= 11 is 5.58. The van der Waals surface area contributed by atoms with Crippen LogP contribution >= 0.6 is 11.6 Å². The lowest BCUT2D eigenvalue weighted by molar-refractivity contribution is -0.123. The van der Waals surface area contributed by atoms with Gasteiger partial charge in [-0.3, -0.25) is 14.6 Å². The third kappa shape index (κ3) is 8.18. The van der Waals surface area contributed by atoms with Crippen molar-refractivity contribution in [1.29, 1.82) is 0 Å². The van der Waals surface area contributed by atoms with Crippen molar-refractivity contribution in [2.45, 2.75) is 13.3 Å². The van der Waals surface area contributed by atoms with Gasteiger partial charge in [0.25, 0.3) is 11.8 Å². The van der Waals surface area contributed by atoms with Gasteiger partial charge >= 0.3 is 0 Å². The Morgan fingerprint density at radius 2 is 1.83 bits per heavy atom. The number of amides is 2. The average molecular weight is 422 g/mol. The average Bonchev–Trinajstić information content (AvgIpc) is 2.68. The Morgan fingerprint density at radius 1 is 1.14 bits per heavy atom. The number of hydrogen-bond donors (Lipinski definition) is 2. The van der Waals surface area contributed by atoms with Crippen molar-refractivity contribution in [3.63, 3.8) is 0 Å². The molecule has 1 aromatic carbocycles. The zero-order chi connectivity index (χ0) is 21.2. The zero-order valence-corrected chi connectivity index (χ0v) is 16.6. The van der Waals surface area contributed by atoms with Gasteiger partial charge in [-0.25, -0.2) is 4.39 Å². The van der Waals surface area contributed by atoms with E-state index in [2.05, 4.69) is 22.2 Å². The molecule has 7 nitrogen and oxygen atoms in total. The van der Waals surface area contributed by atoms with Crippen molar-refractivity contribution in [1.82, 2.24) is 15.6 Å². The fourth-order valence-electron chi connectivity index (χ4n) is 2.10. The van der Waals surface area contributed by atoms with Gasteiger partial charge in [0.1, 0.15) is 17.3 Å². The molecule has 0 fully saturated rings. The van der Waals surface area contributed by atoms with Crippen LogP contribution in [0.4, 0.5) is 4.39 Å². The van der Waals surface area contributed by atoms with Crippen LogP contribution in [-0.2, 0) is 9.59 Å². The van der Waals surface area contributed by atoms with Crippen molar-refractivity contribution in [2.75, 3.05) is 19.8 Å². The molecule has 0 atom stereocenters. The number of aromatic nitrogens is 1. The lowest BCUT2D eigenvalue weighted by Crippen LogP contribution is -2.32. The molecular formula is C20H21ClFN3O4. The highest BCUT2D eigenvalue weighted by atomic mass is 35.5. The molecule has 0 spiro atoms. The number of pyridine rings is 1. The highest BCUT2D eigenvalue weighted by molar-refractivity contribution is 6.30. The maximum atomic E-state index is 13.3. The minimum absolute atomic E-state index is 0.0247. The van der Waals surface area contributed by atoms with E-state index >= 15 is 0 Å². The van der Waals surface area contributed by atoms with E-state index in [4.69, 9.17) is 21.1 Å². The second-order valence-electron chi connectivity index (χ2n) is 6.04. The summed E-state index contributed by atoms with van der Waals surface area (Å²) in [5, 5.41) is 5.18. The molecule has 29 heavy (non-hydrogen) atoms. The Kier molecular flexibility index (Phi) is 8.42. The summed E-state index contributed by atoms with van der Waals surface area (Å²) in [4.78, 5) is 27.7. The standard InChI is InChI=1S/C20H21ClFN3O4/c1-13-3-4-16(10-24-13)29-12-20(27)25-14(2)7-8-23-19(26)11-28-15-5-6-17(21)18(22)9-15/h3-6,9-10H,2,7-8,11-12H2,1H3,(H,23,26)(H,25,27). The Labute approximate surface area is 172 Å². The number of nitrogens with one attached hydrogen (secondary N) is 2. The van der Waals surface area contributed by atoms with Crippen molar-refractivity contribution in [3.8, 4) is 11.5 Å². The normalized spacial score (nSPS) is 10.2. The van der Waals surface area contributed by atoms with Crippen LogP contribution in [-0.4, -0.2) is 36.6 Å². The quantitative estimate of drug-likeness (QED) is 0.615. The van der Waals surface area contributed by atoms with Crippen molar-refractivity contribution in [2.24, 2.45) is 0 Å². The zero-order valence-electron chi connectivity index (χ0n) is 15.8. The first-order chi connectivity index (χ1) is 13.8. The summed E-state index contributed by atoms with van der Waals surface area (Å²) in [6, 6.07) is 7.41. The molecule has 0 saturated heterocycles. The summed E-state index contributed by atoms with van der Waals surface area (Å²) in [7, 11) is 0. The second kappa shape index (κ2) is 11.0. The highest BCUT2D eigenvalue weighted by Gasteiger charge is 2.08. The van der Waals surface area contributed by atoms with Gasteiger partial charge < -0.3 is 20.1 Å². The Bertz CT molecular complexity index is 875. The van der Waals surface area contributed by atoms with Gasteiger partial charge in [-0.05, 0) is 31.2 Å². The van der Waals surface area contributed by atoms with Crippen LogP contribution in [0.25, 0.3) is 0 Å². The van der Waals surface area contributed by atoms with E-state index in [-0.39, 0.29) is 36.4 Å². The van der Waals surface area contributed by atoms with Crippen LogP contribution < -0.4 is 20.1 Å². The predicted molar refractivity (Wildman–Crippen MR) is 106 cm³/mol.